The molecule has 0 spiro atoms. The zero-order valence-corrected chi connectivity index (χ0v) is 14.6. The Hall–Kier alpha value is -0.640. The quantitative estimate of drug-likeness (QED) is 0.767. The van der Waals surface area contributed by atoms with Gasteiger partial charge in [-0.2, -0.15) is 0 Å². The van der Waals surface area contributed by atoms with E-state index in [2.05, 4.69) is 5.32 Å². The number of ether oxygens (including phenoxy) is 1. The molecule has 1 saturated heterocycles. The van der Waals surface area contributed by atoms with Crippen molar-refractivity contribution in [2.24, 2.45) is 5.92 Å². The molecule has 0 saturated carbocycles. The van der Waals surface area contributed by atoms with Crippen LogP contribution < -0.4 is 10.1 Å². The van der Waals surface area contributed by atoms with Crippen molar-refractivity contribution in [1.29, 1.82) is 0 Å². The van der Waals surface area contributed by atoms with Crippen LogP contribution in [0.5, 0.6) is 5.75 Å². The van der Waals surface area contributed by atoms with E-state index in [0.29, 0.717) is 21.0 Å². The highest BCUT2D eigenvalue weighted by molar-refractivity contribution is 6.42. The van der Waals surface area contributed by atoms with Gasteiger partial charge in [0.05, 0.1) is 10.0 Å². The van der Waals surface area contributed by atoms with Crippen molar-refractivity contribution in [3.05, 3.63) is 63.1 Å². The molecule has 118 valence electrons. The maximum atomic E-state index is 6.15. The summed E-state index contributed by atoms with van der Waals surface area (Å²) in [6.07, 6.45) is -0.0535. The standard InChI is InChI=1S/C16H14Cl3NO.ClH/c17-12-2-4-13(5-3-12)21-16(11-8-20-9-11)10-1-6-14(18)15(19)7-10;/h1-7,11,16,20H,8-9H2;1H. The second kappa shape index (κ2) is 7.76. The van der Waals surface area contributed by atoms with Crippen molar-refractivity contribution < 1.29 is 4.74 Å². The van der Waals surface area contributed by atoms with E-state index < -0.39 is 0 Å². The summed E-state index contributed by atoms with van der Waals surface area (Å²) < 4.78 is 6.15. The van der Waals surface area contributed by atoms with Crippen LogP contribution in [0, 0.1) is 5.92 Å². The van der Waals surface area contributed by atoms with Gasteiger partial charge in [0.2, 0.25) is 0 Å². The Kier molecular flexibility index (Phi) is 6.25. The second-order valence-corrected chi connectivity index (χ2v) is 6.34. The highest BCUT2D eigenvalue weighted by Gasteiger charge is 2.30. The number of benzene rings is 2. The number of nitrogens with one attached hydrogen (secondary N) is 1. The first-order chi connectivity index (χ1) is 10.1. The van der Waals surface area contributed by atoms with Gasteiger partial charge in [-0.25, -0.2) is 0 Å². The summed E-state index contributed by atoms with van der Waals surface area (Å²) in [7, 11) is 0. The molecule has 1 atom stereocenters. The fourth-order valence-electron chi connectivity index (χ4n) is 2.31. The summed E-state index contributed by atoms with van der Waals surface area (Å²) in [6, 6.07) is 13.0. The predicted molar refractivity (Wildman–Crippen MR) is 94.9 cm³/mol. The molecule has 1 aliphatic heterocycles. The smallest absolute Gasteiger partial charge is 0.129 e. The van der Waals surface area contributed by atoms with Crippen LogP contribution in [0.3, 0.4) is 0 Å². The third-order valence-corrected chi connectivity index (χ3v) is 4.58. The van der Waals surface area contributed by atoms with Crippen LogP contribution in [-0.2, 0) is 0 Å². The van der Waals surface area contributed by atoms with Gasteiger partial charge in [-0.15, -0.1) is 12.4 Å². The fraction of sp³-hybridized carbons (Fsp3) is 0.250. The summed E-state index contributed by atoms with van der Waals surface area (Å²) in [5.74, 6) is 1.21. The monoisotopic (exact) mass is 377 g/mol. The van der Waals surface area contributed by atoms with E-state index in [0.717, 1.165) is 24.4 Å². The molecule has 6 heteroatoms. The molecule has 0 aromatic heterocycles. The minimum atomic E-state index is -0.0535. The van der Waals surface area contributed by atoms with Crippen LogP contribution in [0.1, 0.15) is 11.7 Å². The zero-order chi connectivity index (χ0) is 14.8. The van der Waals surface area contributed by atoms with Crippen molar-refractivity contribution in [3.63, 3.8) is 0 Å². The molecule has 2 aromatic rings. The van der Waals surface area contributed by atoms with Crippen molar-refractivity contribution in [2.75, 3.05) is 13.1 Å². The van der Waals surface area contributed by atoms with Crippen LogP contribution >= 0.6 is 47.2 Å². The first-order valence-electron chi connectivity index (χ1n) is 6.71. The first-order valence-corrected chi connectivity index (χ1v) is 7.85. The Morgan fingerprint density at radius 2 is 1.64 bits per heavy atom. The molecule has 0 amide bonds. The van der Waals surface area contributed by atoms with E-state index in [9.17, 15) is 0 Å². The highest BCUT2D eigenvalue weighted by atomic mass is 35.5. The van der Waals surface area contributed by atoms with Crippen molar-refractivity contribution >= 4 is 47.2 Å². The maximum Gasteiger partial charge on any atom is 0.129 e. The van der Waals surface area contributed by atoms with Gasteiger partial charge >= 0.3 is 0 Å². The lowest BCUT2D eigenvalue weighted by Crippen LogP contribution is -2.46. The Balaban J connectivity index is 0.00000176. The van der Waals surface area contributed by atoms with Gasteiger partial charge in [-0.05, 0) is 42.0 Å². The minimum absolute atomic E-state index is 0. The van der Waals surface area contributed by atoms with Crippen LogP contribution in [-0.4, -0.2) is 13.1 Å². The Labute approximate surface area is 151 Å². The van der Waals surface area contributed by atoms with Crippen molar-refractivity contribution in [2.45, 2.75) is 6.10 Å². The predicted octanol–water partition coefficient (Wildman–Crippen LogP) is 5.41. The third kappa shape index (κ3) is 4.01. The van der Waals surface area contributed by atoms with E-state index in [1.165, 1.54) is 0 Å². The lowest BCUT2D eigenvalue weighted by atomic mass is 9.91. The minimum Gasteiger partial charge on any atom is -0.485 e. The van der Waals surface area contributed by atoms with Crippen LogP contribution in [0.25, 0.3) is 0 Å². The van der Waals surface area contributed by atoms with Gasteiger partial charge in [-0.1, -0.05) is 40.9 Å². The topological polar surface area (TPSA) is 21.3 Å². The third-order valence-electron chi connectivity index (χ3n) is 3.59. The van der Waals surface area contributed by atoms with Gasteiger partial charge in [-0.3, -0.25) is 0 Å². The molecule has 22 heavy (non-hydrogen) atoms. The van der Waals surface area contributed by atoms with Gasteiger partial charge in [0.15, 0.2) is 0 Å². The number of halogens is 4. The first kappa shape index (κ1) is 17.7. The molecule has 1 unspecified atom stereocenters. The van der Waals surface area contributed by atoms with E-state index in [1.807, 2.05) is 42.5 Å². The van der Waals surface area contributed by atoms with E-state index in [-0.39, 0.29) is 18.5 Å². The SMILES string of the molecule is Cl.Clc1ccc(OC(c2ccc(Cl)c(Cl)c2)C2CNC2)cc1. The van der Waals surface area contributed by atoms with E-state index in [1.54, 1.807) is 0 Å². The molecular formula is C16H15Cl4NO. The Morgan fingerprint density at radius 1 is 0.955 bits per heavy atom. The molecule has 0 bridgehead atoms. The molecule has 1 heterocycles. The largest absolute Gasteiger partial charge is 0.485 e. The Bertz CT molecular complexity index is 629. The van der Waals surface area contributed by atoms with Gasteiger partial charge in [0.1, 0.15) is 11.9 Å². The Morgan fingerprint density at radius 3 is 2.18 bits per heavy atom. The molecular weight excluding hydrogens is 364 g/mol. The molecule has 2 aromatic carbocycles. The van der Waals surface area contributed by atoms with Gasteiger partial charge in [0.25, 0.3) is 0 Å². The van der Waals surface area contributed by atoms with Crippen LogP contribution in [0.2, 0.25) is 15.1 Å². The summed E-state index contributed by atoms with van der Waals surface area (Å²) in [4.78, 5) is 0. The van der Waals surface area contributed by atoms with Crippen molar-refractivity contribution in [1.82, 2.24) is 5.32 Å². The zero-order valence-electron chi connectivity index (χ0n) is 11.6. The van der Waals surface area contributed by atoms with Crippen LogP contribution in [0.4, 0.5) is 0 Å². The highest BCUT2D eigenvalue weighted by Crippen LogP contribution is 2.34. The molecule has 0 aliphatic carbocycles. The number of hydrogen-bond donors (Lipinski definition) is 1. The molecule has 1 fully saturated rings. The lowest BCUT2D eigenvalue weighted by Gasteiger charge is -2.35. The number of hydrogen-bond acceptors (Lipinski definition) is 2. The van der Waals surface area contributed by atoms with E-state index in [4.69, 9.17) is 39.5 Å². The maximum absolute atomic E-state index is 6.15. The summed E-state index contributed by atoms with van der Waals surface area (Å²) in [5, 5.41) is 5.07. The van der Waals surface area contributed by atoms with Gasteiger partial charge < -0.3 is 10.1 Å². The molecule has 3 rings (SSSR count). The fourth-order valence-corrected chi connectivity index (χ4v) is 2.74. The summed E-state index contributed by atoms with van der Waals surface area (Å²) in [5.41, 5.74) is 1.03. The summed E-state index contributed by atoms with van der Waals surface area (Å²) >= 11 is 18.0. The number of rotatable bonds is 4. The van der Waals surface area contributed by atoms with E-state index >= 15 is 0 Å². The van der Waals surface area contributed by atoms with Crippen molar-refractivity contribution in [3.8, 4) is 5.75 Å². The summed E-state index contributed by atoms with van der Waals surface area (Å²) in [6.45, 7) is 1.86. The average Bonchev–Trinajstić information content (AvgIpc) is 2.41. The average molecular weight is 379 g/mol. The normalized spacial score (nSPS) is 15.6. The van der Waals surface area contributed by atoms with Gasteiger partial charge in [0, 0.05) is 24.0 Å². The second-order valence-electron chi connectivity index (χ2n) is 5.08. The molecule has 0 radical (unpaired) electrons. The molecule has 1 N–H and O–H groups in total. The molecule has 2 nitrogen and oxygen atoms in total. The lowest BCUT2D eigenvalue weighted by molar-refractivity contribution is 0.0993. The molecule has 1 aliphatic rings. The van der Waals surface area contributed by atoms with Crippen LogP contribution in [0.15, 0.2) is 42.5 Å².